The van der Waals surface area contributed by atoms with E-state index >= 15 is 0 Å². The third-order valence-electron chi connectivity index (χ3n) is 1.61. The van der Waals surface area contributed by atoms with Gasteiger partial charge < -0.3 is 0 Å². The summed E-state index contributed by atoms with van der Waals surface area (Å²) in [4.78, 5) is 3.91. The van der Waals surface area contributed by atoms with Gasteiger partial charge in [-0.25, -0.2) is 9.37 Å². The molecule has 2 rings (SSSR count). The lowest BCUT2D eigenvalue weighted by Gasteiger charge is -1.97. The van der Waals surface area contributed by atoms with Crippen LogP contribution in [-0.2, 0) is 0 Å². The smallest absolute Gasteiger partial charge is 0.155 e. The van der Waals surface area contributed by atoms with Crippen LogP contribution in [0.3, 0.4) is 0 Å². The Labute approximate surface area is 82.1 Å². The number of aromatic amines is 1. The second kappa shape index (κ2) is 3.26. The van der Waals surface area contributed by atoms with Crippen molar-refractivity contribution in [2.24, 2.45) is 0 Å². The van der Waals surface area contributed by atoms with E-state index in [9.17, 15) is 4.39 Å². The molecule has 1 heterocycles. The Kier molecular flexibility index (Phi) is 2.10. The highest BCUT2D eigenvalue weighted by molar-refractivity contribution is 9.10. The molecule has 1 N–H and O–H groups in total. The maximum Gasteiger partial charge on any atom is 0.155 e. The van der Waals surface area contributed by atoms with Gasteiger partial charge in [-0.05, 0) is 34.1 Å². The summed E-state index contributed by atoms with van der Waals surface area (Å²) in [6.07, 6.45) is 1.38. The molecule has 0 spiro atoms. The number of nitrogens with one attached hydrogen (secondary N) is 1. The zero-order chi connectivity index (χ0) is 9.26. The average Bonchev–Trinajstić information content (AvgIpc) is 2.62. The summed E-state index contributed by atoms with van der Waals surface area (Å²) in [5.74, 6) is 0.250. The summed E-state index contributed by atoms with van der Waals surface area (Å²) < 4.78 is 13.5. The van der Waals surface area contributed by atoms with Crippen molar-refractivity contribution in [2.45, 2.75) is 0 Å². The van der Waals surface area contributed by atoms with Crippen LogP contribution in [-0.4, -0.2) is 15.2 Å². The van der Waals surface area contributed by atoms with Crippen molar-refractivity contribution in [3.8, 4) is 11.4 Å². The molecule has 0 saturated carbocycles. The molecule has 2 aromatic rings. The summed E-state index contributed by atoms with van der Waals surface area (Å²) in [6, 6.07) is 4.78. The number of hydrogen-bond donors (Lipinski definition) is 1. The second-order valence-corrected chi connectivity index (χ2v) is 3.32. The lowest BCUT2D eigenvalue weighted by Crippen LogP contribution is -1.83. The zero-order valence-corrected chi connectivity index (χ0v) is 8.05. The first kappa shape index (κ1) is 8.37. The molecule has 1 aromatic heterocycles. The van der Waals surface area contributed by atoms with Crippen LogP contribution in [0.2, 0.25) is 0 Å². The molecule has 3 nitrogen and oxygen atoms in total. The van der Waals surface area contributed by atoms with Gasteiger partial charge in [0.05, 0.1) is 4.47 Å². The molecular weight excluding hydrogens is 237 g/mol. The first-order chi connectivity index (χ1) is 6.27. The predicted octanol–water partition coefficient (Wildman–Crippen LogP) is 2.37. The number of benzene rings is 1. The van der Waals surface area contributed by atoms with Crippen molar-refractivity contribution in [3.63, 3.8) is 0 Å². The normalized spacial score (nSPS) is 10.3. The van der Waals surface area contributed by atoms with Crippen LogP contribution < -0.4 is 0 Å². The van der Waals surface area contributed by atoms with Crippen LogP contribution >= 0.6 is 15.9 Å². The topological polar surface area (TPSA) is 41.6 Å². The first-order valence-corrected chi connectivity index (χ1v) is 4.37. The number of halogens is 2. The van der Waals surface area contributed by atoms with Crippen molar-refractivity contribution < 1.29 is 4.39 Å². The van der Waals surface area contributed by atoms with Gasteiger partial charge in [0.1, 0.15) is 12.1 Å². The summed E-state index contributed by atoms with van der Waals surface area (Å²) >= 11 is 3.07. The van der Waals surface area contributed by atoms with E-state index in [-0.39, 0.29) is 5.82 Å². The molecule has 66 valence electrons. The van der Waals surface area contributed by atoms with Crippen LogP contribution in [0.25, 0.3) is 11.4 Å². The molecule has 5 heteroatoms. The van der Waals surface area contributed by atoms with Gasteiger partial charge in [-0.2, -0.15) is 5.10 Å². The quantitative estimate of drug-likeness (QED) is 0.833. The summed E-state index contributed by atoms with van der Waals surface area (Å²) in [5, 5.41) is 6.34. The Morgan fingerprint density at radius 2 is 2.23 bits per heavy atom. The molecule has 0 aliphatic heterocycles. The minimum absolute atomic E-state index is 0.311. The average molecular weight is 242 g/mol. The molecule has 0 radical (unpaired) electrons. The van der Waals surface area contributed by atoms with Crippen molar-refractivity contribution in [1.29, 1.82) is 0 Å². The molecule has 0 bridgehead atoms. The second-order valence-electron chi connectivity index (χ2n) is 2.46. The summed E-state index contributed by atoms with van der Waals surface area (Å²) in [7, 11) is 0. The van der Waals surface area contributed by atoms with Gasteiger partial charge in [-0.1, -0.05) is 0 Å². The zero-order valence-electron chi connectivity index (χ0n) is 6.46. The number of H-pyrrole nitrogens is 1. The lowest BCUT2D eigenvalue weighted by atomic mass is 10.2. The minimum atomic E-state index is -0.311. The molecule has 0 saturated heterocycles. The highest BCUT2D eigenvalue weighted by Gasteiger charge is 2.04. The fourth-order valence-electron chi connectivity index (χ4n) is 0.988. The van der Waals surface area contributed by atoms with Crippen LogP contribution in [0.5, 0.6) is 0 Å². The summed E-state index contributed by atoms with van der Waals surface area (Å²) in [6.45, 7) is 0. The number of rotatable bonds is 1. The van der Waals surface area contributed by atoms with Crippen molar-refractivity contribution >= 4 is 15.9 Å². The summed E-state index contributed by atoms with van der Waals surface area (Å²) in [5.41, 5.74) is 0.679. The Balaban J connectivity index is 2.49. The molecule has 0 amide bonds. The molecule has 0 fully saturated rings. The maximum absolute atomic E-state index is 13.1. The standard InChI is InChI=1S/C8H5BrFN3/c9-6-2-1-5(3-7(6)10)8-11-4-12-13-8/h1-4H,(H,11,12,13). The van der Waals surface area contributed by atoms with Gasteiger partial charge in [-0.15, -0.1) is 0 Å². The van der Waals surface area contributed by atoms with E-state index in [1.165, 1.54) is 12.4 Å². The molecule has 0 aliphatic rings. The molecular formula is C8H5BrFN3. The Bertz CT molecular complexity index is 413. The van der Waals surface area contributed by atoms with Crippen LogP contribution in [0.1, 0.15) is 0 Å². The van der Waals surface area contributed by atoms with E-state index in [0.29, 0.717) is 15.9 Å². The Morgan fingerprint density at radius 3 is 2.85 bits per heavy atom. The minimum Gasteiger partial charge on any atom is -0.259 e. The molecule has 0 unspecified atom stereocenters. The van der Waals surface area contributed by atoms with Gasteiger partial charge in [0.15, 0.2) is 5.82 Å². The van der Waals surface area contributed by atoms with E-state index in [2.05, 4.69) is 31.1 Å². The SMILES string of the molecule is Fc1cc(-c2ncn[nH]2)ccc1Br. The van der Waals surface area contributed by atoms with E-state index < -0.39 is 0 Å². The monoisotopic (exact) mass is 241 g/mol. The van der Waals surface area contributed by atoms with E-state index in [1.807, 2.05) is 0 Å². The Morgan fingerprint density at radius 1 is 1.38 bits per heavy atom. The van der Waals surface area contributed by atoms with Crippen LogP contribution in [0.4, 0.5) is 4.39 Å². The largest absolute Gasteiger partial charge is 0.259 e. The molecule has 13 heavy (non-hydrogen) atoms. The number of hydrogen-bond acceptors (Lipinski definition) is 2. The van der Waals surface area contributed by atoms with Gasteiger partial charge in [0, 0.05) is 5.56 Å². The fourth-order valence-corrected chi connectivity index (χ4v) is 1.23. The van der Waals surface area contributed by atoms with E-state index in [1.54, 1.807) is 12.1 Å². The van der Waals surface area contributed by atoms with Crippen molar-refractivity contribution in [3.05, 3.63) is 34.8 Å². The van der Waals surface area contributed by atoms with Gasteiger partial charge in [0.2, 0.25) is 0 Å². The van der Waals surface area contributed by atoms with Gasteiger partial charge in [0.25, 0.3) is 0 Å². The number of aromatic nitrogens is 3. The molecule has 0 aliphatic carbocycles. The van der Waals surface area contributed by atoms with Gasteiger partial charge >= 0.3 is 0 Å². The molecule has 0 atom stereocenters. The number of nitrogens with zero attached hydrogens (tertiary/aromatic N) is 2. The van der Waals surface area contributed by atoms with E-state index in [0.717, 1.165) is 0 Å². The van der Waals surface area contributed by atoms with Crippen molar-refractivity contribution in [2.75, 3.05) is 0 Å². The van der Waals surface area contributed by atoms with Crippen LogP contribution in [0, 0.1) is 5.82 Å². The Hall–Kier alpha value is -1.23. The third-order valence-corrected chi connectivity index (χ3v) is 2.25. The molecule has 1 aromatic carbocycles. The highest BCUT2D eigenvalue weighted by Crippen LogP contribution is 2.21. The van der Waals surface area contributed by atoms with E-state index in [4.69, 9.17) is 0 Å². The first-order valence-electron chi connectivity index (χ1n) is 3.58. The van der Waals surface area contributed by atoms with Crippen LogP contribution in [0.15, 0.2) is 29.0 Å². The predicted molar refractivity (Wildman–Crippen MR) is 49.5 cm³/mol. The maximum atomic E-state index is 13.1. The third kappa shape index (κ3) is 1.60. The lowest BCUT2D eigenvalue weighted by molar-refractivity contribution is 0.621. The van der Waals surface area contributed by atoms with Crippen molar-refractivity contribution in [1.82, 2.24) is 15.2 Å². The highest BCUT2D eigenvalue weighted by atomic mass is 79.9. The fraction of sp³-hybridized carbons (Fsp3) is 0. The van der Waals surface area contributed by atoms with Gasteiger partial charge in [-0.3, -0.25) is 5.10 Å².